The first-order valence-electron chi connectivity index (χ1n) is 6.82. The van der Waals surface area contributed by atoms with Crippen LogP contribution >= 0.6 is 0 Å². The Hall–Kier alpha value is -2.04. The van der Waals surface area contributed by atoms with E-state index in [1.165, 1.54) is 0 Å². The molecule has 0 bridgehead atoms. The van der Waals surface area contributed by atoms with Crippen LogP contribution in [-0.2, 0) is 9.59 Å². The fourth-order valence-electron chi connectivity index (χ4n) is 2.42. The van der Waals surface area contributed by atoms with Gasteiger partial charge < -0.3 is 15.2 Å². The van der Waals surface area contributed by atoms with Gasteiger partial charge in [-0.3, -0.25) is 4.79 Å². The lowest BCUT2D eigenvalue weighted by molar-refractivity contribution is -0.139. The largest absolute Gasteiger partial charge is 0.482 e. The van der Waals surface area contributed by atoms with Crippen LogP contribution in [0.3, 0.4) is 0 Å². The van der Waals surface area contributed by atoms with Gasteiger partial charge in [0.1, 0.15) is 5.75 Å². The number of amides is 1. The van der Waals surface area contributed by atoms with Crippen LogP contribution in [-0.4, -0.2) is 23.6 Å². The summed E-state index contributed by atoms with van der Waals surface area (Å²) < 4.78 is 5.09. The van der Waals surface area contributed by atoms with Gasteiger partial charge in [0.2, 0.25) is 5.91 Å². The molecule has 0 saturated heterocycles. The Morgan fingerprint density at radius 1 is 1.40 bits per heavy atom. The minimum Gasteiger partial charge on any atom is -0.482 e. The van der Waals surface area contributed by atoms with E-state index in [9.17, 15) is 9.59 Å². The molecule has 0 heterocycles. The molecule has 1 aromatic rings. The number of rotatable bonds is 6. The SMILES string of the molecule is CCC1(C(=O)Nc2cccc(OCC(=O)O)c2)CCC1. The van der Waals surface area contributed by atoms with E-state index in [0.29, 0.717) is 11.4 Å². The zero-order chi connectivity index (χ0) is 14.6. The molecular weight excluding hydrogens is 258 g/mol. The second-order valence-corrected chi connectivity index (χ2v) is 5.15. The van der Waals surface area contributed by atoms with Crippen LogP contribution in [0.5, 0.6) is 5.75 Å². The van der Waals surface area contributed by atoms with Crippen molar-refractivity contribution < 1.29 is 19.4 Å². The van der Waals surface area contributed by atoms with Crippen LogP contribution in [0, 0.1) is 5.41 Å². The number of nitrogens with one attached hydrogen (secondary N) is 1. The molecule has 5 heteroatoms. The molecule has 0 radical (unpaired) electrons. The van der Waals surface area contributed by atoms with E-state index in [1.807, 2.05) is 6.92 Å². The van der Waals surface area contributed by atoms with Gasteiger partial charge in [-0.05, 0) is 31.4 Å². The topological polar surface area (TPSA) is 75.6 Å². The highest BCUT2D eigenvalue weighted by Crippen LogP contribution is 2.44. The molecule has 1 aromatic carbocycles. The Labute approximate surface area is 117 Å². The number of hydrogen-bond acceptors (Lipinski definition) is 3. The fourth-order valence-corrected chi connectivity index (χ4v) is 2.42. The van der Waals surface area contributed by atoms with Gasteiger partial charge in [0.05, 0.1) is 0 Å². The highest BCUT2D eigenvalue weighted by molar-refractivity contribution is 5.96. The van der Waals surface area contributed by atoms with Gasteiger partial charge in [0.25, 0.3) is 0 Å². The molecule has 20 heavy (non-hydrogen) atoms. The highest BCUT2D eigenvalue weighted by atomic mass is 16.5. The van der Waals surface area contributed by atoms with E-state index >= 15 is 0 Å². The quantitative estimate of drug-likeness (QED) is 0.838. The van der Waals surface area contributed by atoms with Crippen LogP contribution in [0.25, 0.3) is 0 Å². The van der Waals surface area contributed by atoms with Gasteiger partial charge in [0.15, 0.2) is 6.61 Å². The number of carboxylic acid groups (broad SMARTS) is 1. The van der Waals surface area contributed by atoms with Gasteiger partial charge >= 0.3 is 5.97 Å². The maximum absolute atomic E-state index is 12.3. The molecule has 0 aromatic heterocycles. The molecule has 0 unspecified atom stereocenters. The van der Waals surface area contributed by atoms with Gasteiger partial charge in [-0.25, -0.2) is 4.79 Å². The van der Waals surface area contributed by atoms with Crippen molar-refractivity contribution in [3.8, 4) is 5.75 Å². The number of hydrogen-bond donors (Lipinski definition) is 2. The molecule has 0 aliphatic heterocycles. The van der Waals surface area contributed by atoms with Crippen molar-refractivity contribution >= 4 is 17.6 Å². The lowest BCUT2D eigenvalue weighted by atomic mass is 9.66. The summed E-state index contributed by atoms with van der Waals surface area (Å²) in [5.41, 5.74) is 0.412. The van der Waals surface area contributed by atoms with Crippen molar-refractivity contribution in [3.05, 3.63) is 24.3 Å². The second kappa shape index (κ2) is 5.94. The summed E-state index contributed by atoms with van der Waals surface area (Å²) >= 11 is 0. The number of benzene rings is 1. The summed E-state index contributed by atoms with van der Waals surface area (Å²) in [5, 5.41) is 11.5. The molecule has 2 N–H and O–H groups in total. The normalized spacial score (nSPS) is 16.1. The third-order valence-corrected chi connectivity index (χ3v) is 3.92. The Balaban J connectivity index is 2.00. The molecular formula is C15H19NO4. The van der Waals surface area contributed by atoms with E-state index in [0.717, 1.165) is 25.7 Å². The summed E-state index contributed by atoms with van der Waals surface area (Å²) in [4.78, 5) is 22.7. The molecule has 0 atom stereocenters. The van der Waals surface area contributed by atoms with Gasteiger partial charge in [-0.2, -0.15) is 0 Å². The summed E-state index contributed by atoms with van der Waals surface area (Å²) in [6, 6.07) is 6.81. The predicted octanol–water partition coefficient (Wildman–Crippen LogP) is 2.67. The average Bonchev–Trinajstić information content (AvgIpc) is 2.36. The van der Waals surface area contributed by atoms with Crippen molar-refractivity contribution in [2.75, 3.05) is 11.9 Å². The van der Waals surface area contributed by atoms with Gasteiger partial charge in [-0.1, -0.05) is 19.4 Å². The molecule has 1 fully saturated rings. The van der Waals surface area contributed by atoms with Crippen LogP contribution < -0.4 is 10.1 Å². The predicted molar refractivity (Wildman–Crippen MR) is 74.8 cm³/mol. The zero-order valence-electron chi connectivity index (χ0n) is 11.5. The minimum atomic E-state index is -1.03. The highest BCUT2D eigenvalue weighted by Gasteiger charge is 2.42. The first-order chi connectivity index (χ1) is 9.55. The summed E-state index contributed by atoms with van der Waals surface area (Å²) in [6.45, 7) is 1.64. The van der Waals surface area contributed by atoms with Crippen molar-refractivity contribution in [1.29, 1.82) is 0 Å². The molecule has 2 rings (SSSR count). The van der Waals surface area contributed by atoms with E-state index < -0.39 is 12.6 Å². The molecule has 1 aliphatic carbocycles. The Bertz CT molecular complexity index is 503. The first-order valence-corrected chi connectivity index (χ1v) is 6.82. The lowest BCUT2D eigenvalue weighted by Gasteiger charge is -2.39. The maximum atomic E-state index is 12.3. The van der Waals surface area contributed by atoms with Crippen LogP contribution in [0.15, 0.2) is 24.3 Å². The van der Waals surface area contributed by atoms with E-state index in [2.05, 4.69) is 5.32 Å². The Morgan fingerprint density at radius 2 is 2.15 bits per heavy atom. The summed E-state index contributed by atoms with van der Waals surface area (Å²) in [7, 11) is 0. The maximum Gasteiger partial charge on any atom is 0.341 e. The molecule has 1 aliphatic rings. The number of ether oxygens (including phenoxy) is 1. The molecule has 5 nitrogen and oxygen atoms in total. The van der Waals surface area contributed by atoms with Gasteiger partial charge in [-0.15, -0.1) is 0 Å². The number of carbonyl (C=O) groups excluding carboxylic acids is 1. The molecule has 1 amide bonds. The lowest BCUT2D eigenvalue weighted by Crippen LogP contribution is -2.41. The third kappa shape index (κ3) is 3.10. The molecule has 0 spiro atoms. The number of carbonyl (C=O) groups is 2. The zero-order valence-corrected chi connectivity index (χ0v) is 11.5. The fraction of sp³-hybridized carbons (Fsp3) is 0.467. The Kier molecular flexibility index (Phi) is 4.27. The van der Waals surface area contributed by atoms with Crippen molar-refractivity contribution in [1.82, 2.24) is 0 Å². The van der Waals surface area contributed by atoms with E-state index in [1.54, 1.807) is 24.3 Å². The van der Waals surface area contributed by atoms with E-state index in [-0.39, 0.29) is 11.3 Å². The van der Waals surface area contributed by atoms with Crippen LogP contribution in [0.4, 0.5) is 5.69 Å². The average molecular weight is 277 g/mol. The monoisotopic (exact) mass is 277 g/mol. The first kappa shape index (κ1) is 14.4. The molecule has 108 valence electrons. The number of anilines is 1. The van der Waals surface area contributed by atoms with Crippen LogP contribution in [0.2, 0.25) is 0 Å². The van der Waals surface area contributed by atoms with E-state index in [4.69, 9.17) is 9.84 Å². The standard InChI is InChI=1S/C15H19NO4/c1-2-15(7-4-8-15)14(19)16-11-5-3-6-12(9-11)20-10-13(17)18/h3,5-6,9H,2,4,7-8,10H2,1H3,(H,16,19)(H,17,18). The second-order valence-electron chi connectivity index (χ2n) is 5.15. The van der Waals surface area contributed by atoms with Crippen molar-refractivity contribution in [3.63, 3.8) is 0 Å². The third-order valence-electron chi connectivity index (χ3n) is 3.92. The van der Waals surface area contributed by atoms with Crippen LogP contribution in [0.1, 0.15) is 32.6 Å². The summed E-state index contributed by atoms with van der Waals surface area (Å²) in [5.74, 6) is -0.551. The van der Waals surface area contributed by atoms with Crippen molar-refractivity contribution in [2.45, 2.75) is 32.6 Å². The number of carboxylic acids is 1. The molecule has 1 saturated carbocycles. The van der Waals surface area contributed by atoms with Gasteiger partial charge in [0, 0.05) is 17.2 Å². The minimum absolute atomic E-state index is 0.0432. The summed E-state index contributed by atoms with van der Waals surface area (Å²) in [6.07, 6.45) is 3.81. The smallest absolute Gasteiger partial charge is 0.341 e. The van der Waals surface area contributed by atoms with Crippen molar-refractivity contribution in [2.24, 2.45) is 5.41 Å². The number of aliphatic carboxylic acids is 1. The Morgan fingerprint density at radius 3 is 2.70 bits per heavy atom.